The van der Waals surface area contributed by atoms with Gasteiger partial charge in [0, 0.05) is 24.5 Å². The maximum Gasteiger partial charge on any atom is 0.295 e. The van der Waals surface area contributed by atoms with E-state index in [0.29, 0.717) is 22.6 Å². The van der Waals surface area contributed by atoms with Gasteiger partial charge in [-0.2, -0.15) is 0 Å². The molecule has 33 heavy (non-hydrogen) atoms. The van der Waals surface area contributed by atoms with Crippen molar-refractivity contribution in [1.29, 1.82) is 0 Å². The molecule has 0 radical (unpaired) electrons. The Labute approximate surface area is 190 Å². The second-order valence-corrected chi connectivity index (χ2v) is 8.21. The second kappa shape index (κ2) is 8.09. The largest absolute Gasteiger partial charge is 0.507 e. The predicted octanol–water partition coefficient (Wildman–Crippen LogP) is 4.05. The molecule has 3 heterocycles. The van der Waals surface area contributed by atoms with Crippen molar-refractivity contribution in [2.45, 2.75) is 26.4 Å². The summed E-state index contributed by atoms with van der Waals surface area (Å²) in [5.74, 6) is -0.618. The van der Waals surface area contributed by atoms with Crippen LogP contribution < -0.4 is 9.47 Å². The number of aromatic nitrogens is 1. The van der Waals surface area contributed by atoms with Crippen molar-refractivity contribution in [2.75, 3.05) is 6.79 Å². The number of amides is 1. The van der Waals surface area contributed by atoms with E-state index in [1.807, 2.05) is 32.0 Å². The maximum absolute atomic E-state index is 13.2. The van der Waals surface area contributed by atoms with Crippen molar-refractivity contribution in [1.82, 2.24) is 9.88 Å². The number of aliphatic hydroxyl groups excluding tert-OH is 1. The van der Waals surface area contributed by atoms with Gasteiger partial charge < -0.3 is 19.5 Å². The summed E-state index contributed by atoms with van der Waals surface area (Å²) in [6.07, 6.45) is 3.23. The fraction of sp³-hybridized carbons (Fsp3) is 0.192. The number of carbonyl (C=O) groups excluding carboxylic acids is 2. The molecule has 1 unspecified atom stereocenters. The van der Waals surface area contributed by atoms with E-state index in [4.69, 9.17) is 9.47 Å². The summed E-state index contributed by atoms with van der Waals surface area (Å²) in [6.45, 7) is 4.28. The zero-order valence-electron chi connectivity index (χ0n) is 18.2. The number of carbonyl (C=O) groups is 2. The summed E-state index contributed by atoms with van der Waals surface area (Å²) < 4.78 is 10.7. The Kier molecular flexibility index (Phi) is 5.09. The highest BCUT2D eigenvalue weighted by Crippen LogP contribution is 2.42. The first-order valence-electron chi connectivity index (χ1n) is 10.6. The summed E-state index contributed by atoms with van der Waals surface area (Å²) >= 11 is 0. The predicted molar refractivity (Wildman–Crippen MR) is 121 cm³/mol. The van der Waals surface area contributed by atoms with E-state index in [1.165, 1.54) is 4.90 Å². The van der Waals surface area contributed by atoms with E-state index < -0.39 is 17.7 Å². The van der Waals surface area contributed by atoms with Gasteiger partial charge in [-0.15, -0.1) is 0 Å². The molecule has 0 saturated carbocycles. The molecule has 166 valence electrons. The minimum atomic E-state index is -0.774. The van der Waals surface area contributed by atoms with Crippen molar-refractivity contribution >= 4 is 17.4 Å². The number of rotatable bonds is 4. The van der Waals surface area contributed by atoms with Gasteiger partial charge in [-0.3, -0.25) is 14.6 Å². The first-order valence-corrected chi connectivity index (χ1v) is 10.6. The van der Waals surface area contributed by atoms with Crippen molar-refractivity contribution in [2.24, 2.45) is 0 Å². The van der Waals surface area contributed by atoms with Crippen LogP contribution in [0.5, 0.6) is 11.5 Å². The second-order valence-electron chi connectivity index (χ2n) is 8.21. The molecular formula is C26H22N2O5. The first kappa shape index (κ1) is 20.8. The highest BCUT2D eigenvalue weighted by molar-refractivity contribution is 6.46. The highest BCUT2D eigenvalue weighted by Gasteiger charge is 2.46. The molecule has 1 aromatic heterocycles. The van der Waals surface area contributed by atoms with E-state index in [2.05, 4.69) is 4.98 Å². The molecule has 3 aromatic rings. The molecule has 0 spiro atoms. The maximum atomic E-state index is 13.2. The number of aliphatic hydroxyl groups is 1. The fourth-order valence-corrected chi connectivity index (χ4v) is 4.28. The van der Waals surface area contributed by atoms with Crippen LogP contribution in [0, 0.1) is 13.8 Å². The van der Waals surface area contributed by atoms with Crippen LogP contribution in [0.4, 0.5) is 0 Å². The topological polar surface area (TPSA) is 89.0 Å². The summed E-state index contributed by atoms with van der Waals surface area (Å²) in [5.41, 5.74) is 4.06. The molecule has 1 fully saturated rings. The number of ether oxygens (including phenoxy) is 2. The number of aryl methyl sites for hydroxylation is 2. The standard InChI is InChI=1S/C26H22N2O5/c1-15-5-6-16(2)19(10-15)13-28-23(18-4-3-9-27-12-18)22(25(30)26(28)31)24(29)17-7-8-20-21(11-17)33-14-32-20/h3-12,23,29H,13-14H2,1-2H3/b24-22-. The third kappa shape index (κ3) is 3.61. The first-order chi connectivity index (χ1) is 15.9. The van der Waals surface area contributed by atoms with Crippen molar-refractivity contribution in [3.05, 3.63) is 94.3 Å². The molecule has 0 aliphatic carbocycles. The SMILES string of the molecule is Cc1ccc(C)c(CN2C(=O)C(=O)/C(=C(\O)c3ccc4c(c3)OCO4)C2c2cccnc2)c1. The number of Topliss-reactive ketones (excluding diaryl/α,β-unsaturated/α-hetero) is 1. The molecule has 2 aliphatic heterocycles. The minimum absolute atomic E-state index is 0.0252. The number of hydrogen-bond acceptors (Lipinski definition) is 6. The molecule has 2 aromatic carbocycles. The Morgan fingerprint density at radius 3 is 2.70 bits per heavy atom. The Balaban J connectivity index is 1.64. The Hall–Kier alpha value is -4.13. The van der Waals surface area contributed by atoms with E-state index in [9.17, 15) is 14.7 Å². The average Bonchev–Trinajstić information content (AvgIpc) is 3.39. The van der Waals surface area contributed by atoms with E-state index in [0.717, 1.165) is 16.7 Å². The van der Waals surface area contributed by atoms with Crippen LogP contribution >= 0.6 is 0 Å². The molecule has 2 aliphatic rings. The number of benzene rings is 2. The number of fused-ring (bicyclic) bond motifs is 1. The molecule has 1 atom stereocenters. The third-order valence-electron chi connectivity index (χ3n) is 6.03. The minimum Gasteiger partial charge on any atom is -0.507 e. The lowest BCUT2D eigenvalue weighted by molar-refractivity contribution is -0.140. The van der Waals surface area contributed by atoms with Gasteiger partial charge in [0.1, 0.15) is 5.76 Å². The quantitative estimate of drug-likeness (QED) is 0.373. The Morgan fingerprint density at radius 2 is 1.91 bits per heavy atom. The van der Waals surface area contributed by atoms with E-state index in [-0.39, 0.29) is 24.7 Å². The monoisotopic (exact) mass is 442 g/mol. The molecule has 0 bridgehead atoms. The summed E-state index contributed by atoms with van der Waals surface area (Å²) in [5, 5.41) is 11.2. The summed E-state index contributed by atoms with van der Waals surface area (Å²) in [7, 11) is 0. The molecule has 1 amide bonds. The van der Waals surface area contributed by atoms with Gasteiger partial charge in [0.25, 0.3) is 11.7 Å². The van der Waals surface area contributed by atoms with Crippen LogP contribution in [0.25, 0.3) is 5.76 Å². The fourth-order valence-electron chi connectivity index (χ4n) is 4.28. The number of likely N-dealkylation sites (tertiary alicyclic amines) is 1. The van der Waals surface area contributed by atoms with Gasteiger partial charge in [0.05, 0.1) is 11.6 Å². The Bertz CT molecular complexity index is 1300. The van der Waals surface area contributed by atoms with Crippen LogP contribution in [0.3, 0.4) is 0 Å². The molecule has 1 N–H and O–H groups in total. The number of nitrogens with zero attached hydrogens (tertiary/aromatic N) is 2. The van der Waals surface area contributed by atoms with Gasteiger partial charge in [0.15, 0.2) is 11.5 Å². The van der Waals surface area contributed by atoms with Gasteiger partial charge in [-0.05, 0) is 54.8 Å². The number of ketones is 1. The smallest absolute Gasteiger partial charge is 0.295 e. The third-order valence-corrected chi connectivity index (χ3v) is 6.03. The van der Waals surface area contributed by atoms with E-state index >= 15 is 0 Å². The molecular weight excluding hydrogens is 420 g/mol. The van der Waals surface area contributed by atoms with Gasteiger partial charge in [-0.1, -0.05) is 29.8 Å². The van der Waals surface area contributed by atoms with Crippen LogP contribution in [-0.4, -0.2) is 33.5 Å². The van der Waals surface area contributed by atoms with Crippen molar-refractivity contribution in [3.8, 4) is 11.5 Å². The van der Waals surface area contributed by atoms with Gasteiger partial charge in [0.2, 0.25) is 6.79 Å². The Morgan fingerprint density at radius 1 is 1.09 bits per heavy atom. The van der Waals surface area contributed by atoms with Crippen LogP contribution in [-0.2, 0) is 16.1 Å². The summed E-state index contributed by atoms with van der Waals surface area (Å²) in [6, 6.07) is 13.7. The highest BCUT2D eigenvalue weighted by atomic mass is 16.7. The molecule has 5 rings (SSSR count). The van der Waals surface area contributed by atoms with Gasteiger partial charge >= 0.3 is 0 Å². The van der Waals surface area contributed by atoms with Crippen molar-refractivity contribution in [3.63, 3.8) is 0 Å². The van der Waals surface area contributed by atoms with Crippen molar-refractivity contribution < 1.29 is 24.2 Å². The average molecular weight is 442 g/mol. The van der Waals surface area contributed by atoms with E-state index in [1.54, 1.807) is 42.7 Å². The lowest BCUT2D eigenvalue weighted by Crippen LogP contribution is -2.29. The zero-order valence-corrected chi connectivity index (χ0v) is 18.2. The van der Waals surface area contributed by atoms with Crippen LogP contribution in [0.15, 0.2) is 66.5 Å². The van der Waals surface area contributed by atoms with Crippen LogP contribution in [0.1, 0.15) is 33.9 Å². The number of hydrogen-bond donors (Lipinski definition) is 1. The molecule has 1 saturated heterocycles. The zero-order chi connectivity index (χ0) is 23.1. The lowest BCUT2D eigenvalue weighted by atomic mass is 9.95. The lowest BCUT2D eigenvalue weighted by Gasteiger charge is -2.26. The summed E-state index contributed by atoms with van der Waals surface area (Å²) in [4.78, 5) is 32.1. The molecule has 7 nitrogen and oxygen atoms in total. The molecule has 7 heteroatoms. The normalized spacial score (nSPS) is 18.7. The van der Waals surface area contributed by atoms with Gasteiger partial charge in [-0.25, -0.2) is 0 Å². The number of pyridine rings is 1. The van der Waals surface area contributed by atoms with Crippen LogP contribution in [0.2, 0.25) is 0 Å².